The largest absolute Gasteiger partial charge is 0.490 e. The molecule has 5 aromatic rings. The number of rotatable bonds is 8. The maximum Gasteiger partial charge on any atom is 0.490 e. The number of nitrogens with one attached hydrogen (secondary N) is 3. The number of H-pyrrole nitrogens is 1. The molecule has 0 aliphatic carbocycles. The van der Waals surface area contributed by atoms with E-state index in [9.17, 15) is 18.0 Å². The van der Waals surface area contributed by atoms with Crippen molar-refractivity contribution < 1.29 is 27.9 Å². The summed E-state index contributed by atoms with van der Waals surface area (Å²) in [5, 5.41) is 17.4. The number of aromatic nitrogens is 4. The van der Waals surface area contributed by atoms with Gasteiger partial charge in [0.25, 0.3) is 5.91 Å². The third kappa shape index (κ3) is 7.79. The molecule has 0 saturated heterocycles. The van der Waals surface area contributed by atoms with Crippen molar-refractivity contribution in [3.63, 3.8) is 0 Å². The van der Waals surface area contributed by atoms with E-state index in [4.69, 9.17) is 9.90 Å². The number of aryl methyl sites for hydroxylation is 1. The van der Waals surface area contributed by atoms with Crippen LogP contribution in [0.3, 0.4) is 0 Å². The number of aliphatic carboxylic acids is 1. The van der Waals surface area contributed by atoms with Gasteiger partial charge in [-0.3, -0.25) is 9.48 Å². The number of carboxylic acid groups (broad SMARTS) is 1. The van der Waals surface area contributed by atoms with Crippen molar-refractivity contribution in [2.45, 2.75) is 12.7 Å². The molecule has 0 fully saturated rings. The minimum Gasteiger partial charge on any atom is -0.475 e. The fourth-order valence-corrected chi connectivity index (χ4v) is 3.96. The van der Waals surface area contributed by atoms with Crippen LogP contribution >= 0.6 is 0 Å². The van der Waals surface area contributed by atoms with Gasteiger partial charge in [-0.15, -0.1) is 0 Å². The Hall–Kier alpha value is -4.97. The van der Waals surface area contributed by atoms with E-state index in [0.29, 0.717) is 18.8 Å². The summed E-state index contributed by atoms with van der Waals surface area (Å²) >= 11 is 0. The van der Waals surface area contributed by atoms with E-state index in [1.165, 1.54) is 11.1 Å². The third-order valence-corrected chi connectivity index (χ3v) is 6.02. The zero-order valence-electron chi connectivity index (χ0n) is 21.9. The molecule has 9 nitrogen and oxygen atoms in total. The summed E-state index contributed by atoms with van der Waals surface area (Å²) in [6, 6.07) is 26.7. The number of alkyl halides is 3. The Morgan fingerprint density at radius 2 is 1.63 bits per heavy atom. The van der Waals surface area contributed by atoms with Gasteiger partial charge >= 0.3 is 12.1 Å². The van der Waals surface area contributed by atoms with E-state index in [1.54, 1.807) is 24.0 Å². The van der Waals surface area contributed by atoms with Gasteiger partial charge in [-0.25, -0.2) is 9.78 Å². The summed E-state index contributed by atoms with van der Waals surface area (Å²) in [6.07, 6.45) is -3.47. The van der Waals surface area contributed by atoms with Crippen LogP contribution in [0.1, 0.15) is 16.1 Å². The fourth-order valence-electron chi connectivity index (χ4n) is 3.96. The zero-order chi connectivity index (χ0) is 29.4. The summed E-state index contributed by atoms with van der Waals surface area (Å²) in [7, 11) is 1.76. The molecule has 41 heavy (non-hydrogen) atoms. The van der Waals surface area contributed by atoms with Gasteiger partial charge in [-0.05, 0) is 41.0 Å². The standard InChI is InChI=1S/C27H26N6O.C2HF3O2/c1-33-25(13-14-30-33)27(34)29-16-15-28-18-19-5-4-6-22(17-19)20-9-11-21(12-10-20)26-31-23-7-2-3-8-24(23)32-26;3-2(4,5)1(6)7/h2-14,17,28H,15-16,18H2,1H3,(H,29,34)(H,31,32);(H,6,7). The van der Waals surface area contributed by atoms with Crippen LogP contribution in [0.15, 0.2) is 85.1 Å². The highest BCUT2D eigenvalue weighted by Crippen LogP contribution is 2.25. The molecule has 1 amide bonds. The van der Waals surface area contributed by atoms with Gasteiger partial charge in [0, 0.05) is 38.4 Å². The van der Waals surface area contributed by atoms with Gasteiger partial charge in [-0.1, -0.05) is 54.6 Å². The van der Waals surface area contributed by atoms with Crippen LogP contribution in [0.4, 0.5) is 13.2 Å². The van der Waals surface area contributed by atoms with Crippen molar-refractivity contribution >= 4 is 22.9 Å². The Kier molecular flexibility index (Phi) is 9.15. The van der Waals surface area contributed by atoms with E-state index in [-0.39, 0.29) is 5.91 Å². The molecular weight excluding hydrogens is 537 g/mol. The Morgan fingerprint density at radius 1 is 0.927 bits per heavy atom. The van der Waals surface area contributed by atoms with Gasteiger partial charge in [0.15, 0.2) is 0 Å². The van der Waals surface area contributed by atoms with Crippen LogP contribution in [0, 0.1) is 0 Å². The van der Waals surface area contributed by atoms with E-state index in [0.717, 1.165) is 34.5 Å². The second-order valence-electron chi connectivity index (χ2n) is 8.96. The lowest BCUT2D eigenvalue weighted by atomic mass is 10.0. The SMILES string of the molecule is Cn1nccc1C(=O)NCCNCc1cccc(-c2ccc(-c3nc4ccccc4[nH]3)cc2)c1.O=C(O)C(F)(F)F. The zero-order valence-corrected chi connectivity index (χ0v) is 21.9. The molecule has 0 radical (unpaired) electrons. The number of hydrogen-bond acceptors (Lipinski definition) is 5. The monoisotopic (exact) mass is 564 g/mol. The molecule has 212 valence electrons. The highest BCUT2D eigenvalue weighted by Gasteiger charge is 2.38. The Labute approximate surface area is 233 Å². The topological polar surface area (TPSA) is 125 Å². The second kappa shape index (κ2) is 12.9. The number of halogens is 3. The molecule has 2 aromatic heterocycles. The summed E-state index contributed by atoms with van der Waals surface area (Å²) < 4.78 is 33.3. The minimum absolute atomic E-state index is 0.116. The van der Waals surface area contributed by atoms with Crippen LogP contribution in [0.25, 0.3) is 33.5 Å². The van der Waals surface area contributed by atoms with Gasteiger partial charge in [0.2, 0.25) is 0 Å². The first kappa shape index (κ1) is 29.0. The highest BCUT2D eigenvalue weighted by atomic mass is 19.4. The van der Waals surface area contributed by atoms with Crippen LogP contribution < -0.4 is 10.6 Å². The molecule has 12 heteroatoms. The molecular formula is C29H27F3N6O3. The minimum atomic E-state index is -5.08. The first-order valence-corrected chi connectivity index (χ1v) is 12.5. The number of fused-ring (bicyclic) bond motifs is 1. The van der Waals surface area contributed by atoms with E-state index < -0.39 is 12.1 Å². The summed E-state index contributed by atoms with van der Waals surface area (Å²) in [6.45, 7) is 1.96. The number of para-hydroxylation sites is 2. The highest BCUT2D eigenvalue weighted by molar-refractivity contribution is 5.92. The van der Waals surface area contributed by atoms with Gasteiger partial charge in [0.1, 0.15) is 11.5 Å². The molecule has 0 unspecified atom stereocenters. The lowest BCUT2D eigenvalue weighted by Gasteiger charge is -2.09. The first-order chi connectivity index (χ1) is 19.6. The lowest BCUT2D eigenvalue weighted by molar-refractivity contribution is -0.192. The number of amides is 1. The molecule has 0 spiro atoms. The van der Waals surface area contributed by atoms with Crippen LogP contribution in [-0.4, -0.2) is 56.0 Å². The molecule has 4 N–H and O–H groups in total. The van der Waals surface area contributed by atoms with Gasteiger partial charge < -0.3 is 20.7 Å². The number of carboxylic acids is 1. The maximum atomic E-state index is 12.1. The average Bonchev–Trinajstić information content (AvgIpc) is 3.59. The van der Waals surface area contributed by atoms with Crippen molar-refractivity contribution in [2.75, 3.05) is 13.1 Å². The van der Waals surface area contributed by atoms with Crippen molar-refractivity contribution in [3.8, 4) is 22.5 Å². The number of benzene rings is 3. The number of hydrogen-bond donors (Lipinski definition) is 4. The fraction of sp³-hybridized carbons (Fsp3) is 0.172. The number of aromatic amines is 1. The molecule has 3 aromatic carbocycles. The number of nitrogens with zero attached hydrogens (tertiary/aromatic N) is 3. The van der Waals surface area contributed by atoms with Crippen molar-refractivity contribution in [2.24, 2.45) is 7.05 Å². The van der Waals surface area contributed by atoms with Crippen LogP contribution in [0.5, 0.6) is 0 Å². The van der Waals surface area contributed by atoms with Gasteiger partial charge in [0.05, 0.1) is 11.0 Å². The average molecular weight is 565 g/mol. The lowest BCUT2D eigenvalue weighted by Crippen LogP contribution is -2.32. The van der Waals surface area contributed by atoms with Crippen LogP contribution in [0.2, 0.25) is 0 Å². The summed E-state index contributed by atoms with van der Waals surface area (Å²) in [4.78, 5) is 29.1. The Balaban J connectivity index is 0.000000493. The molecule has 0 aliphatic heterocycles. The Morgan fingerprint density at radius 3 is 2.29 bits per heavy atom. The summed E-state index contributed by atoms with van der Waals surface area (Å²) in [5.74, 6) is -2.00. The van der Waals surface area contributed by atoms with Crippen LogP contribution in [-0.2, 0) is 18.4 Å². The number of imidazole rings is 1. The molecule has 0 atom stereocenters. The van der Waals surface area contributed by atoms with Crippen molar-refractivity contribution in [1.82, 2.24) is 30.4 Å². The molecule has 5 rings (SSSR count). The van der Waals surface area contributed by atoms with E-state index in [1.807, 2.05) is 24.3 Å². The normalized spacial score (nSPS) is 11.1. The molecule has 2 heterocycles. The quantitative estimate of drug-likeness (QED) is 0.201. The Bertz CT molecular complexity index is 1590. The van der Waals surface area contributed by atoms with E-state index >= 15 is 0 Å². The number of carbonyl (C=O) groups is 2. The molecule has 0 aliphatic rings. The predicted octanol–water partition coefficient (Wildman–Crippen LogP) is 4.78. The second-order valence-corrected chi connectivity index (χ2v) is 8.96. The molecule has 0 bridgehead atoms. The third-order valence-electron chi connectivity index (χ3n) is 6.02. The smallest absolute Gasteiger partial charge is 0.475 e. The molecule has 0 saturated carbocycles. The predicted molar refractivity (Wildman–Crippen MR) is 148 cm³/mol. The van der Waals surface area contributed by atoms with Gasteiger partial charge in [-0.2, -0.15) is 18.3 Å². The van der Waals surface area contributed by atoms with Crippen molar-refractivity contribution in [1.29, 1.82) is 0 Å². The summed E-state index contributed by atoms with van der Waals surface area (Å²) in [5.41, 5.74) is 7.14. The first-order valence-electron chi connectivity index (χ1n) is 12.5. The number of carbonyl (C=O) groups excluding carboxylic acids is 1. The van der Waals surface area contributed by atoms with Crippen molar-refractivity contribution in [3.05, 3.63) is 96.3 Å². The van der Waals surface area contributed by atoms with E-state index in [2.05, 4.69) is 74.2 Å². The maximum absolute atomic E-state index is 12.1.